The molecule has 0 saturated carbocycles. The van der Waals surface area contributed by atoms with Crippen LogP contribution in [0.5, 0.6) is 0 Å². The van der Waals surface area contributed by atoms with Gasteiger partial charge in [0.2, 0.25) is 5.91 Å². The number of amides is 1. The number of rotatable bonds is 4. The minimum absolute atomic E-state index is 0. The molecule has 1 heterocycles. The predicted molar refractivity (Wildman–Crippen MR) is 98.3 cm³/mol. The first-order valence-corrected chi connectivity index (χ1v) is 7.27. The Hall–Kier alpha value is -0.570. The van der Waals surface area contributed by atoms with Gasteiger partial charge in [0.25, 0.3) is 0 Å². The van der Waals surface area contributed by atoms with E-state index in [1.807, 2.05) is 20.8 Å². The lowest BCUT2D eigenvalue weighted by molar-refractivity contribution is -0.121. The number of carbonyl (C=O) groups excluding carboxylic acids is 1. The molecule has 1 amide bonds. The summed E-state index contributed by atoms with van der Waals surface area (Å²) in [5, 5.41) is 9.23. The van der Waals surface area contributed by atoms with E-state index in [0.717, 1.165) is 13.1 Å². The van der Waals surface area contributed by atoms with Crippen LogP contribution >= 0.6 is 24.0 Å². The first-order chi connectivity index (χ1) is 9.31. The number of hydrogen-bond acceptors (Lipinski definition) is 3. The number of nitrogens with zero attached hydrogens (tertiary/aromatic N) is 2. The van der Waals surface area contributed by atoms with Crippen LogP contribution in [0.25, 0.3) is 0 Å². The van der Waals surface area contributed by atoms with Gasteiger partial charge in [0.05, 0.1) is 6.54 Å². The molecule has 0 aliphatic carbocycles. The summed E-state index contributed by atoms with van der Waals surface area (Å²) < 4.78 is 0. The van der Waals surface area contributed by atoms with Crippen molar-refractivity contribution in [3.8, 4) is 0 Å². The molecule has 7 heteroatoms. The summed E-state index contributed by atoms with van der Waals surface area (Å²) in [7, 11) is 3.86. The zero-order valence-corrected chi connectivity index (χ0v) is 16.2. The minimum atomic E-state index is -0.206. The van der Waals surface area contributed by atoms with Gasteiger partial charge < -0.3 is 20.9 Å². The maximum atomic E-state index is 11.7. The zero-order chi connectivity index (χ0) is 15.2. The predicted octanol–water partition coefficient (Wildman–Crippen LogP) is 0.778. The topological polar surface area (TPSA) is 68.8 Å². The minimum Gasteiger partial charge on any atom is -0.355 e. The lowest BCUT2D eigenvalue weighted by Gasteiger charge is -2.22. The number of guanidine groups is 1. The third-order valence-corrected chi connectivity index (χ3v) is 3.33. The van der Waals surface area contributed by atoms with Gasteiger partial charge in [0, 0.05) is 25.2 Å². The van der Waals surface area contributed by atoms with Crippen LogP contribution in [0.4, 0.5) is 0 Å². The van der Waals surface area contributed by atoms with Crippen molar-refractivity contribution < 1.29 is 4.79 Å². The first-order valence-electron chi connectivity index (χ1n) is 7.27. The first kappa shape index (κ1) is 20.4. The fourth-order valence-corrected chi connectivity index (χ4v) is 2.30. The van der Waals surface area contributed by atoms with Gasteiger partial charge in [0.1, 0.15) is 0 Å². The Balaban J connectivity index is 0.00000400. The number of halogens is 1. The average Bonchev–Trinajstić information content (AvgIpc) is 2.73. The van der Waals surface area contributed by atoms with Crippen molar-refractivity contribution in [3.63, 3.8) is 0 Å². The lowest BCUT2D eigenvalue weighted by Crippen LogP contribution is -2.49. The molecule has 1 saturated heterocycles. The van der Waals surface area contributed by atoms with Crippen molar-refractivity contribution in [2.75, 3.05) is 33.7 Å². The molecular formula is C14H30IN5O. The number of carbonyl (C=O) groups is 1. The Kier molecular flexibility index (Phi) is 9.19. The van der Waals surface area contributed by atoms with Crippen LogP contribution in [-0.2, 0) is 4.79 Å². The molecule has 3 N–H and O–H groups in total. The third-order valence-electron chi connectivity index (χ3n) is 3.33. The quantitative estimate of drug-likeness (QED) is 0.363. The Morgan fingerprint density at radius 2 is 2.00 bits per heavy atom. The van der Waals surface area contributed by atoms with E-state index in [1.54, 1.807) is 7.05 Å². The summed E-state index contributed by atoms with van der Waals surface area (Å²) in [6.45, 7) is 8.15. The van der Waals surface area contributed by atoms with E-state index in [9.17, 15) is 4.79 Å². The van der Waals surface area contributed by atoms with E-state index < -0.39 is 0 Å². The molecule has 0 radical (unpaired) electrons. The molecule has 1 atom stereocenters. The van der Waals surface area contributed by atoms with Gasteiger partial charge in [-0.05, 0) is 47.2 Å². The van der Waals surface area contributed by atoms with Crippen LogP contribution < -0.4 is 16.0 Å². The Morgan fingerprint density at radius 3 is 2.48 bits per heavy atom. The molecule has 0 bridgehead atoms. The average molecular weight is 411 g/mol. The van der Waals surface area contributed by atoms with Crippen molar-refractivity contribution in [3.05, 3.63) is 0 Å². The Morgan fingerprint density at radius 1 is 1.33 bits per heavy atom. The number of nitrogens with one attached hydrogen (secondary N) is 3. The largest absolute Gasteiger partial charge is 0.355 e. The van der Waals surface area contributed by atoms with Gasteiger partial charge in [-0.1, -0.05) is 0 Å². The molecular weight excluding hydrogens is 381 g/mol. The van der Waals surface area contributed by atoms with Gasteiger partial charge >= 0.3 is 0 Å². The van der Waals surface area contributed by atoms with Crippen molar-refractivity contribution in [2.24, 2.45) is 4.99 Å². The summed E-state index contributed by atoms with van der Waals surface area (Å²) in [6, 6.07) is 0.553. The van der Waals surface area contributed by atoms with E-state index in [1.165, 1.54) is 12.8 Å². The van der Waals surface area contributed by atoms with Crippen LogP contribution in [-0.4, -0.2) is 62.1 Å². The van der Waals surface area contributed by atoms with Crippen molar-refractivity contribution >= 4 is 35.8 Å². The van der Waals surface area contributed by atoms with Gasteiger partial charge in [-0.25, -0.2) is 0 Å². The second-order valence-corrected chi connectivity index (χ2v) is 6.38. The van der Waals surface area contributed by atoms with E-state index in [-0.39, 0.29) is 42.0 Å². The fraction of sp³-hybridized carbons (Fsp3) is 0.857. The maximum Gasteiger partial charge on any atom is 0.239 e. The molecule has 0 aromatic rings. The molecule has 21 heavy (non-hydrogen) atoms. The molecule has 1 fully saturated rings. The van der Waals surface area contributed by atoms with Gasteiger partial charge in [0.15, 0.2) is 5.96 Å². The highest BCUT2D eigenvalue weighted by Gasteiger charge is 2.20. The monoisotopic (exact) mass is 411 g/mol. The molecule has 0 aromatic carbocycles. The van der Waals surface area contributed by atoms with E-state index in [4.69, 9.17) is 0 Å². The highest BCUT2D eigenvalue weighted by Crippen LogP contribution is 2.13. The number of hydrogen-bond donors (Lipinski definition) is 3. The molecule has 6 nitrogen and oxygen atoms in total. The lowest BCUT2D eigenvalue weighted by atomic mass is 10.1. The Bertz CT molecular complexity index is 354. The van der Waals surface area contributed by atoms with Crippen LogP contribution in [0.2, 0.25) is 0 Å². The summed E-state index contributed by atoms with van der Waals surface area (Å²) in [6.07, 6.45) is 2.47. The van der Waals surface area contributed by atoms with E-state index in [2.05, 4.69) is 32.9 Å². The highest BCUT2D eigenvalue weighted by atomic mass is 127. The molecule has 124 valence electrons. The van der Waals surface area contributed by atoms with Crippen molar-refractivity contribution in [1.82, 2.24) is 20.9 Å². The van der Waals surface area contributed by atoms with Crippen LogP contribution in [0, 0.1) is 0 Å². The fourth-order valence-electron chi connectivity index (χ4n) is 2.30. The Labute approximate surface area is 145 Å². The number of aliphatic imine (C=N–C) groups is 1. The van der Waals surface area contributed by atoms with E-state index >= 15 is 0 Å². The van der Waals surface area contributed by atoms with Gasteiger partial charge in [-0.3, -0.25) is 9.79 Å². The molecule has 1 rings (SSSR count). The van der Waals surface area contributed by atoms with Crippen molar-refractivity contribution in [2.45, 2.75) is 45.2 Å². The van der Waals surface area contributed by atoms with Crippen LogP contribution in [0.15, 0.2) is 4.99 Å². The maximum absolute atomic E-state index is 11.7. The summed E-state index contributed by atoms with van der Waals surface area (Å²) in [5.41, 5.74) is -0.206. The van der Waals surface area contributed by atoms with Gasteiger partial charge in [-0.2, -0.15) is 0 Å². The van der Waals surface area contributed by atoms with Crippen LogP contribution in [0.3, 0.4) is 0 Å². The third kappa shape index (κ3) is 8.45. The number of likely N-dealkylation sites (tertiary alicyclic amines) is 1. The van der Waals surface area contributed by atoms with E-state index in [0.29, 0.717) is 12.0 Å². The standard InChI is InChI=1S/C14H29N5O.HI/c1-14(2,3)18-12(20)10-17-13(15-4)16-9-11-7-6-8-19(11)5;/h11H,6-10H2,1-5H3,(H,18,20)(H2,15,16,17);1H. The molecule has 0 spiro atoms. The smallest absolute Gasteiger partial charge is 0.239 e. The SMILES string of the molecule is CN=C(NCC(=O)NC(C)(C)C)NCC1CCCN1C.I. The van der Waals surface area contributed by atoms with Crippen molar-refractivity contribution in [1.29, 1.82) is 0 Å². The van der Waals surface area contributed by atoms with Gasteiger partial charge in [-0.15, -0.1) is 24.0 Å². The second-order valence-electron chi connectivity index (χ2n) is 6.38. The zero-order valence-electron chi connectivity index (χ0n) is 13.8. The molecule has 1 unspecified atom stereocenters. The second kappa shape index (κ2) is 9.45. The molecule has 0 aromatic heterocycles. The summed E-state index contributed by atoms with van der Waals surface area (Å²) >= 11 is 0. The summed E-state index contributed by atoms with van der Waals surface area (Å²) in [4.78, 5) is 18.2. The highest BCUT2D eigenvalue weighted by molar-refractivity contribution is 14.0. The normalized spacial score (nSPS) is 19.9. The summed E-state index contributed by atoms with van der Waals surface area (Å²) in [5.74, 6) is 0.646. The number of likely N-dealkylation sites (N-methyl/N-ethyl adjacent to an activating group) is 1. The molecule has 1 aliphatic rings. The molecule has 1 aliphatic heterocycles. The van der Waals surface area contributed by atoms with Crippen LogP contribution in [0.1, 0.15) is 33.6 Å².